The van der Waals surface area contributed by atoms with Gasteiger partial charge in [-0.3, -0.25) is 0 Å². The van der Waals surface area contributed by atoms with Crippen molar-refractivity contribution < 1.29 is 17.9 Å². The van der Waals surface area contributed by atoms with Crippen LogP contribution in [0.25, 0.3) is 0 Å². The molecule has 1 heterocycles. The molecule has 7 heteroatoms. The molecule has 1 saturated heterocycles. The quantitative estimate of drug-likeness (QED) is 0.769. The molecule has 1 fully saturated rings. The van der Waals surface area contributed by atoms with Gasteiger partial charge in [-0.1, -0.05) is 19.1 Å². The number of rotatable bonds is 4. The van der Waals surface area contributed by atoms with Gasteiger partial charge in [0, 0.05) is 26.2 Å². The van der Waals surface area contributed by atoms with E-state index in [1.165, 1.54) is 23.5 Å². The summed E-state index contributed by atoms with van der Waals surface area (Å²) in [7, 11) is -2.43. The molecule has 2 rings (SSSR count). The van der Waals surface area contributed by atoms with Crippen molar-refractivity contribution in [2.45, 2.75) is 11.8 Å². The van der Waals surface area contributed by atoms with Gasteiger partial charge in [-0.05, 0) is 18.7 Å². The molecule has 0 bridgehead atoms. The summed E-state index contributed by atoms with van der Waals surface area (Å²) < 4.78 is 31.5. The average Bonchev–Trinajstić information content (AvgIpc) is 2.54. The van der Waals surface area contributed by atoms with Gasteiger partial charge >= 0.3 is 5.97 Å². The van der Waals surface area contributed by atoms with Crippen molar-refractivity contribution in [3.05, 3.63) is 29.8 Å². The van der Waals surface area contributed by atoms with Crippen molar-refractivity contribution >= 4 is 16.0 Å². The van der Waals surface area contributed by atoms with Crippen LogP contribution in [0.4, 0.5) is 0 Å². The summed E-state index contributed by atoms with van der Waals surface area (Å²) in [6.45, 7) is 5.24. The Balaban J connectivity index is 2.31. The SMILES string of the molecule is CCN1CCN(S(=O)(=O)c2ccccc2C(=O)OC)CC1. The first-order valence-electron chi connectivity index (χ1n) is 6.90. The number of likely N-dealkylation sites (N-methyl/N-ethyl adjacent to an activating group) is 1. The molecule has 0 aromatic heterocycles. The average molecular weight is 312 g/mol. The predicted octanol–water partition coefficient (Wildman–Crippen LogP) is 0.799. The van der Waals surface area contributed by atoms with Gasteiger partial charge < -0.3 is 9.64 Å². The molecular weight excluding hydrogens is 292 g/mol. The zero-order valence-electron chi connectivity index (χ0n) is 12.3. The number of carbonyl (C=O) groups excluding carboxylic acids is 1. The van der Waals surface area contributed by atoms with E-state index in [-0.39, 0.29) is 10.5 Å². The number of piperazine rings is 1. The molecule has 1 aliphatic heterocycles. The number of nitrogens with zero attached hydrogens (tertiary/aromatic N) is 2. The third-order valence-electron chi connectivity index (χ3n) is 3.69. The van der Waals surface area contributed by atoms with E-state index in [0.29, 0.717) is 26.2 Å². The van der Waals surface area contributed by atoms with Crippen LogP contribution in [0.1, 0.15) is 17.3 Å². The summed E-state index contributed by atoms with van der Waals surface area (Å²) in [6.07, 6.45) is 0. The van der Waals surface area contributed by atoms with E-state index in [1.807, 2.05) is 0 Å². The molecule has 1 aromatic carbocycles. The van der Waals surface area contributed by atoms with Gasteiger partial charge in [0.15, 0.2) is 0 Å². The number of sulfonamides is 1. The molecule has 116 valence electrons. The molecule has 0 N–H and O–H groups in total. The fourth-order valence-electron chi connectivity index (χ4n) is 2.40. The summed E-state index contributed by atoms with van der Waals surface area (Å²) in [6, 6.07) is 6.16. The van der Waals surface area contributed by atoms with Crippen molar-refractivity contribution in [3.63, 3.8) is 0 Å². The van der Waals surface area contributed by atoms with Gasteiger partial charge in [0.2, 0.25) is 10.0 Å². The first-order chi connectivity index (χ1) is 10.0. The standard InChI is InChI=1S/C14H20N2O4S/c1-3-15-8-10-16(11-9-15)21(18,19)13-7-5-4-6-12(13)14(17)20-2/h4-7H,3,8-11H2,1-2H3. The van der Waals surface area contributed by atoms with Crippen LogP contribution >= 0.6 is 0 Å². The normalized spacial score (nSPS) is 17.6. The fraction of sp³-hybridized carbons (Fsp3) is 0.500. The Bertz CT molecular complexity index is 607. The first kappa shape index (κ1) is 15.9. The third-order valence-corrected chi connectivity index (χ3v) is 5.65. The van der Waals surface area contributed by atoms with Crippen molar-refractivity contribution in [2.24, 2.45) is 0 Å². The fourth-order valence-corrected chi connectivity index (χ4v) is 4.00. The molecule has 0 aliphatic carbocycles. The van der Waals surface area contributed by atoms with Crippen molar-refractivity contribution in [1.82, 2.24) is 9.21 Å². The predicted molar refractivity (Wildman–Crippen MR) is 78.7 cm³/mol. The van der Waals surface area contributed by atoms with Gasteiger partial charge in [-0.25, -0.2) is 13.2 Å². The Morgan fingerprint density at radius 1 is 1.19 bits per heavy atom. The number of esters is 1. The van der Waals surface area contributed by atoms with Crippen LogP contribution in [0.3, 0.4) is 0 Å². The molecule has 0 amide bonds. The van der Waals surface area contributed by atoms with E-state index in [1.54, 1.807) is 12.1 Å². The topological polar surface area (TPSA) is 66.9 Å². The number of benzene rings is 1. The van der Waals surface area contributed by atoms with Crippen molar-refractivity contribution in [2.75, 3.05) is 39.8 Å². The number of hydrogen-bond acceptors (Lipinski definition) is 5. The van der Waals surface area contributed by atoms with Crippen LogP contribution in [0.15, 0.2) is 29.2 Å². The van der Waals surface area contributed by atoms with Crippen LogP contribution < -0.4 is 0 Å². The van der Waals surface area contributed by atoms with Crippen LogP contribution in [-0.2, 0) is 14.8 Å². The van der Waals surface area contributed by atoms with Gasteiger partial charge in [-0.2, -0.15) is 4.31 Å². The van der Waals surface area contributed by atoms with E-state index >= 15 is 0 Å². The minimum Gasteiger partial charge on any atom is -0.465 e. The van der Waals surface area contributed by atoms with E-state index in [0.717, 1.165) is 6.54 Å². The van der Waals surface area contributed by atoms with Crippen LogP contribution in [0.5, 0.6) is 0 Å². The molecule has 0 radical (unpaired) electrons. The minimum atomic E-state index is -3.67. The lowest BCUT2D eigenvalue weighted by Crippen LogP contribution is -2.48. The summed E-state index contributed by atoms with van der Waals surface area (Å²) >= 11 is 0. The molecular formula is C14H20N2O4S. The van der Waals surface area contributed by atoms with E-state index in [9.17, 15) is 13.2 Å². The molecule has 6 nitrogen and oxygen atoms in total. The third kappa shape index (κ3) is 3.25. The second-order valence-electron chi connectivity index (χ2n) is 4.83. The lowest BCUT2D eigenvalue weighted by molar-refractivity contribution is 0.0596. The number of carbonyl (C=O) groups is 1. The Labute approximate surface area is 125 Å². The zero-order chi connectivity index (χ0) is 15.5. The second kappa shape index (κ2) is 6.55. The van der Waals surface area contributed by atoms with Gasteiger partial charge in [0.1, 0.15) is 0 Å². The lowest BCUT2D eigenvalue weighted by atomic mass is 10.2. The molecule has 1 aromatic rings. The minimum absolute atomic E-state index is 0.0156. The Hall–Kier alpha value is -1.44. The number of methoxy groups -OCH3 is 1. The first-order valence-corrected chi connectivity index (χ1v) is 8.34. The van der Waals surface area contributed by atoms with E-state index in [2.05, 4.69) is 16.6 Å². The second-order valence-corrected chi connectivity index (χ2v) is 6.73. The highest BCUT2D eigenvalue weighted by molar-refractivity contribution is 7.89. The summed E-state index contributed by atoms with van der Waals surface area (Å²) in [5.74, 6) is -0.638. The maximum absolute atomic E-state index is 12.7. The van der Waals surface area contributed by atoms with Crippen molar-refractivity contribution in [1.29, 1.82) is 0 Å². The highest BCUT2D eigenvalue weighted by Crippen LogP contribution is 2.22. The van der Waals surface area contributed by atoms with Gasteiger partial charge in [0.05, 0.1) is 17.6 Å². The molecule has 0 saturated carbocycles. The highest BCUT2D eigenvalue weighted by atomic mass is 32.2. The van der Waals surface area contributed by atoms with Crippen LogP contribution in [-0.4, -0.2) is 63.4 Å². The Morgan fingerprint density at radius 2 is 1.81 bits per heavy atom. The van der Waals surface area contributed by atoms with Gasteiger partial charge in [-0.15, -0.1) is 0 Å². The van der Waals surface area contributed by atoms with Crippen molar-refractivity contribution in [3.8, 4) is 0 Å². The summed E-state index contributed by atoms with van der Waals surface area (Å²) in [5, 5.41) is 0. The number of hydrogen-bond donors (Lipinski definition) is 0. The molecule has 0 spiro atoms. The molecule has 0 atom stereocenters. The Morgan fingerprint density at radius 3 is 2.38 bits per heavy atom. The monoisotopic (exact) mass is 312 g/mol. The molecule has 0 unspecified atom stereocenters. The van der Waals surface area contributed by atoms with Gasteiger partial charge in [0.25, 0.3) is 0 Å². The van der Waals surface area contributed by atoms with E-state index in [4.69, 9.17) is 0 Å². The summed E-state index contributed by atoms with van der Waals surface area (Å²) in [4.78, 5) is 14.0. The summed E-state index contributed by atoms with van der Waals surface area (Å²) in [5.41, 5.74) is 0.0814. The maximum atomic E-state index is 12.7. The molecule has 21 heavy (non-hydrogen) atoms. The highest BCUT2D eigenvalue weighted by Gasteiger charge is 2.31. The number of ether oxygens (including phenoxy) is 1. The smallest absolute Gasteiger partial charge is 0.339 e. The zero-order valence-corrected chi connectivity index (χ0v) is 13.1. The van der Waals surface area contributed by atoms with E-state index < -0.39 is 16.0 Å². The maximum Gasteiger partial charge on any atom is 0.339 e. The van der Waals surface area contributed by atoms with Crippen LogP contribution in [0, 0.1) is 0 Å². The van der Waals surface area contributed by atoms with Crippen LogP contribution in [0.2, 0.25) is 0 Å². The largest absolute Gasteiger partial charge is 0.465 e. The Kier molecular flexibility index (Phi) is 4.97. The lowest BCUT2D eigenvalue weighted by Gasteiger charge is -2.33. The molecule has 1 aliphatic rings.